The Morgan fingerprint density at radius 3 is 2.44 bits per heavy atom. The van der Waals surface area contributed by atoms with Crippen LogP contribution in [-0.4, -0.2) is 29.1 Å². The van der Waals surface area contributed by atoms with Gasteiger partial charge in [-0.15, -0.1) is 0 Å². The summed E-state index contributed by atoms with van der Waals surface area (Å²) in [7, 11) is 2.02. The first-order valence-electron chi connectivity index (χ1n) is 6.15. The second-order valence-corrected chi connectivity index (χ2v) is 5.94. The van der Waals surface area contributed by atoms with Crippen LogP contribution in [0.2, 0.25) is 0 Å². The summed E-state index contributed by atoms with van der Waals surface area (Å²) in [6, 6.07) is 1.99. The van der Waals surface area contributed by atoms with Gasteiger partial charge in [0.15, 0.2) is 0 Å². The number of carboxylic acids is 1. The summed E-state index contributed by atoms with van der Waals surface area (Å²) >= 11 is 0. The molecule has 1 rings (SSSR count). The van der Waals surface area contributed by atoms with Crippen molar-refractivity contribution in [3.05, 3.63) is 23.2 Å². The number of hydrogen-bond donors (Lipinski definition) is 1. The summed E-state index contributed by atoms with van der Waals surface area (Å²) in [5.74, 6) is 0.229. The van der Waals surface area contributed by atoms with E-state index in [1.54, 1.807) is 13.0 Å². The van der Waals surface area contributed by atoms with Gasteiger partial charge in [-0.05, 0) is 32.4 Å². The lowest BCUT2D eigenvalue weighted by atomic mass is 9.87. The normalized spacial score (nSPS) is 13.9. The Kier molecular flexibility index (Phi) is 4.22. The minimum atomic E-state index is -0.936. The second-order valence-electron chi connectivity index (χ2n) is 5.94. The third-order valence-corrected chi connectivity index (χ3v) is 3.52. The van der Waals surface area contributed by atoms with Crippen LogP contribution in [-0.2, 0) is 6.54 Å². The van der Waals surface area contributed by atoms with Crippen molar-refractivity contribution >= 4 is 5.97 Å². The van der Waals surface area contributed by atoms with Gasteiger partial charge in [0.05, 0.1) is 6.54 Å². The van der Waals surface area contributed by atoms with E-state index in [0.717, 1.165) is 0 Å². The van der Waals surface area contributed by atoms with Gasteiger partial charge in [0.25, 0.3) is 0 Å². The van der Waals surface area contributed by atoms with Gasteiger partial charge in [-0.3, -0.25) is 4.90 Å². The topological polar surface area (TPSA) is 53.7 Å². The highest BCUT2D eigenvalue weighted by Gasteiger charge is 2.25. The molecule has 0 fully saturated rings. The van der Waals surface area contributed by atoms with Crippen LogP contribution < -0.4 is 0 Å². The van der Waals surface area contributed by atoms with Crippen molar-refractivity contribution in [1.29, 1.82) is 0 Å². The lowest BCUT2D eigenvalue weighted by Crippen LogP contribution is -2.38. The Hall–Kier alpha value is -1.29. The fourth-order valence-electron chi connectivity index (χ4n) is 1.88. The van der Waals surface area contributed by atoms with Gasteiger partial charge < -0.3 is 9.52 Å². The van der Waals surface area contributed by atoms with Gasteiger partial charge in [-0.25, -0.2) is 4.79 Å². The van der Waals surface area contributed by atoms with Gasteiger partial charge >= 0.3 is 5.97 Å². The SMILES string of the molecule is Cc1oc(CN(C)C(C)C(C)(C)C)cc1C(=O)O. The standard InChI is InChI=1S/C14H23NO3/c1-9-12(13(16)17)7-11(18-9)8-15(6)10(2)14(3,4)5/h7,10H,8H2,1-6H3,(H,16,17). The quantitative estimate of drug-likeness (QED) is 0.895. The van der Waals surface area contributed by atoms with Gasteiger partial charge in [-0.1, -0.05) is 20.8 Å². The summed E-state index contributed by atoms with van der Waals surface area (Å²) in [5, 5.41) is 8.98. The zero-order valence-corrected chi connectivity index (χ0v) is 12.1. The lowest BCUT2D eigenvalue weighted by Gasteiger charge is -2.34. The molecule has 1 N–H and O–H groups in total. The van der Waals surface area contributed by atoms with Crippen LogP contribution in [0, 0.1) is 12.3 Å². The molecule has 0 radical (unpaired) electrons. The fourth-order valence-corrected chi connectivity index (χ4v) is 1.88. The monoisotopic (exact) mass is 253 g/mol. The molecule has 0 bridgehead atoms. The summed E-state index contributed by atoms with van der Waals surface area (Å²) in [5.41, 5.74) is 0.424. The van der Waals surface area contributed by atoms with Crippen molar-refractivity contribution in [1.82, 2.24) is 4.90 Å². The zero-order valence-electron chi connectivity index (χ0n) is 12.1. The number of rotatable bonds is 4. The number of aryl methyl sites for hydroxylation is 1. The number of furan rings is 1. The summed E-state index contributed by atoms with van der Waals surface area (Å²) in [6.07, 6.45) is 0. The third-order valence-electron chi connectivity index (χ3n) is 3.52. The van der Waals surface area contributed by atoms with Crippen LogP contribution >= 0.6 is 0 Å². The minimum absolute atomic E-state index is 0.173. The second kappa shape index (κ2) is 5.14. The van der Waals surface area contributed by atoms with Gasteiger partial charge in [0.2, 0.25) is 0 Å². The Labute approximate surface area is 109 Å². The van der Waals surface area contributed by atoms with Crippen molar-refractivity contribution in [2.24, 2.45) is 5.41 Å². The smallest absolute Gasteiger partial charge is 0.339 e. The summed E-state index contributed by atoms with van der Waals surface area (Å²) in [4.78, 5) is 13.1. The first-order valence-corrected chi connectivity index (χ1v) is 6.15. The van der Waals surface area contributed by atoms with E-state index >= 15 is 0 Å². The Balaban J connectivity index is 2.80. The van der Waals surface area contributed by atoms with E-state index in [0.29, 0.717) is 24.1 Å². The van der Waals surface area contributed by atoms with Crippen molar-refractivity contribution in [2.75, 3.05) is 7.05 Å². The van der Waals surface area contributed by atoms with Crippen molar-refractivity contribution in [3.8, 4) is 0 Å². The average Bonchev–Trinajstić information content (AvgIpc) is 2.56. The van der Waals surface area contributed by atoms with E-state index in [1.165, 1.54) is 0 Å². The number of carboxylic acid groups (broad SMARTS) is 1. The molecule has 1 aromatic heterocycles. The largest absolute Gasteiger partial charge is 0.478 e. The highest BCUT2D eigenvalue weighted by Crippen LogP contribution is 2.25. The van der Waals surface area contributed by atoms with Crippen LogP contribution in [0.1, 0.15) is 49.6 Å². The van der Waals surface area contributed by atoms with Crippen LogP contribution in [0.4, 0.5) is 0 Å². The number of nitrogens with zero attached hydrogens (tertiary/aromatic N) is 1. The van der Waals surface area contributed by atoms with Crippen molar-refractivity contribution in [2.45, 2.75) is 47.2 Å². The van der Waals surface area contributed by atoms with E-state index in [4.69, 9.17) is 9.52 Å². The van der Waals surface area contributed by atoms with Crippen LogP contribution in [0.5, 0.6) is 0 Å². The molecule has 1 unspecified atom stereocenters. The average molecular weight is 253 g/mol. The minimum Gasteiger partial charge on any atom is -0.478 e. The van der Waals surface area contributed by atoms with Gasteiger partial charge in [-0.2, -0.15) is 0 Å². The molecular formula is C14H23NO3. The number of aromatic carboxylic acids is 1. The molecule has 1 aromatic rings. The predicted octanol–water partition coefficient (Wildman–Crippen LogP) is 3.15. The molecule has 1 atom stereocenters. The molecule has 0 amide bonds. The number of carbonyl (C=O) groups is 1. The summed E-state index contributed by atoms with van der Waals surface area (Å²) in [6.45, 7) is 11.0. The van der Waals surface area contributed by atoms with Crippen molar-refractivity contribution in [3.63, 3.8) is 0 Å². The van der Waals surface area contributed by atoms with E-state index in [1.807, 2.05) is 7.05 Å². The molecule has 0 saturated carbocycles. The molecule has 0 spiro atoms. The van der Waals surface area contributed by atoms with Crippen LogP contribution in [0.25, 0.3) is 0 Å². The van der Waals surface area contributed by atoms with Gasteiger partial charge in [0.1, 0.15) is 17.1 Å². The fraction of sp³-hybridized carbons (Fsp3) is 0.643. The molecule has 18 heavy (non-hydrogen) atoms. The van der Waals surface area contributed by atoms with Gasteiger partial charge in [0, 0.05) is 6.04 Å². The molecule has 0 aliphatic heterocycles. The Morgan fingerprint density at radius 2 is 2.06 bits per heavy atom. The highest BCUT2D eigenvalue weighted by molar-refractivity contribution is 5.88. The molecule has 0 aromatic carbocycles. The zero-order chi connectivity index (χ0) is 14.1. The van der Waals surface area contributed by atoms with Crippen LogP contribution in [0.3, 0.4) is 0 Å². The molecule has 0 saturated heterocycles. The maximum absolute atomic E-state index is 10.9. The number of hydrogen-bond acceptors (Lipinski definition) is 3. The molecule has 0 aliphatic rings. The van der Waals surface area contributed by atoms with Crippen LogP contribution in [0.15, 0.2) is 10.5 Å². The first-order chi connectivity index (χ1) is 8.12. The third kappa shape index (κ3) is 3.35. The molecule has 4 nitrogen and oxygen atoms in total. The maximum atomic E-state index is 10.9. The Morgan fingerprint density at radius 1 is 1.50 bits per heavy atom. The lowest BCUT2D eigenvalue weighted by molar-refractivity contribution is 0.0695. The first kappa shape index (κ1) is 14.8. The molecular weight excluding hydrogens is 230 g/mol. The molecule has 1 heterocycles. The highest BCUT2D eigenvalue weighted by atomic mass is 16.4. The Bertz CT molecular complexity index is 429. The molecule has 4 heteroatoms. The van der Waals surface area contributed by atoms with E-state index in [-0.39, 0.29) is 11.0 Å². The summed E-state index contributed by atoms with van der Waals surface area (Å²) < 4.78 is 5.49. The van der Waals surface area contributed by atoms with E-state index < -0.39 is 5.97 Å². The molecule has 102 valence electrons. The van der Waals surface area contributed by atoms with Crippen molar-refractivity contribution < 1.29 is 14.3 Å². The maximum Gasteiger partial charge on any atom is 0.339 e. The predicted molar refractivity (Wildman–Crippen MR) is 70.8 cm³/mol. The molecule has 0 aliphatic carbocycles. The van der Waals surface area contributed by atoms with E-state index in [9.17, 15) is 4.79 Å². The van der Waals surface area contributed by atoms with E-state index in [2.05, 4.69) is 32.6 Å².